The highest BCUT2D eigenvalue weighted by Gasteiger charge is 2.17. The van der Waals surface area contributed by atoms with Gasteiger partial charge < -0.3 is 0 Å². The molecule has 0 saturated heterocycles. The molecule has 0 aliphatic rings. The molecule has 0 unspecified atom stereocenters. The summed E-state index contributed by atoms with van der Waals surface area (Å²) in [6.07, 6.45) is -2.78. The minimum absolute atomic E-state index is 0.120. The van der Waals surface area contributed by atoms with E-state index in [9.17, 15) is 13.2 Å². The van der Waals surface area contributed by atoms with E-state index in [4.69, 9.17) is 0 Å². The van der Waals surface area contributed by atoms with Crippen LogP contribution in [0.2, 0.25) is 0 Å². The largest absolute Gasteiger partial charge is 0.267 e. The summed E-state index contributed by atoms with van der Waals surface area (Å²) in [5, 5.41) is 0. The van der Waals surface area contributed by atoms with Crippen LogP contribution in [0, 0.1) is 12.7 Å². The first kappa shape index (κ1) is 9.58. The van der Waals surface area contributed by atoms with Crippen molar-refractivity contribution < 1.29 is 13.2 Å². The first-order chi connectivity index (χ1) is 5.52. The maximum absolute atomic E-state index is 12.9. The second-order valence-electron chi connectivity index (χ2n) is 2.44. The highest BCUT2D eigenvalue weighted by Crippen LogP contribution is 2.30. The zero-order valence-corrected chi connectivity index (χ0v) is 7.83. The Kier molecular flexibility index (Phi) is 2.77. The number of benzene rings is 1. The second kappa shape index (κ2) is 3.47. The van der Waals surface area contributed by atoms with Crippen LogP contribution < -0.4 is 0 Å². The van der Waals surface area contributed by atoms with Crippen molar-refractivity contribution >= 4 is 15.9 Å². The van der Waals surface area contributed by atoms with Crippen molar-refractivity contribution in [3.63, 3.8) is 0 Å². The lowest BCUT2D eigenvalue weighted by Crippen LogP contribution is -1.93. The Morgan fingerprint density at radius 1 is 1.33 bits per heavy atom. The molecular weight excluding hydrogens is 233 g/mol. The topological polar surface area (TPSA) is 0 Å². The van der Waals surface area contributed by atoms with Crippen LogP contribution in [0.15, 0.2) is 16.6 Å². The second-order valence-corrected chi connectivity index (χ2v) is 3.30. The third-order valence-corrected chi connectivity index (χ3v) is 2.10. The van der Waals surface area contributed by atoms with Gasteiger partial charge in [-0.2, -0.15) is 0 Å². The highest BCUT2D eigenvalue weighted by atomic mass is 79.9. The Morgan fingerprint density at radius 3 is 2.33 bits per heavy atom. The predicted molar refractivity (Wildman–Crippen MR) is 43.8 cm³/mol. The van der Waals surface area contributed by atoms with E-state index >= 15 is 0 Å². The van der Waals surface area contributed by atoms with Gasteiger partial charge in [-0.1, -0.05) is 15.9 Å². The maximum Gasteiger partial charge on any atom is 0.267 e. The lowest BCUT2D eigenvalue weighted by molar-refractivity contribution is 0.145. The lowest BCUT2D eigenvalue weighted by Gasteiger charge is -2.05. The van der Waals surface area contributed by atoms with Crippen molar-refractivity contribution in [2.45, 2.75) is 13.3 Å². The van der Waals surface area contributed by atoms with Crippen LogP contribution in [0.25, 0.3) is 0 Å². The fourth-order valence-electron chi connectivity index (χ4n) is 0.919. The van der Waals surface area contributed by atoms with Gasteiger partial charge in [-0.3, -0.25) is 0 Å². The van der Waals surface area contributed by atoms with Crippen LogP contribution in [0.1, 0.15) is 17.6 Å². The smallest absolute Gasteiger partial charge is 0.206 e. The van der Waals surface area contributed by atoms with Crippen molar-refractivity contribution in [2.24, 2.45) is 0 Å². The van der Waals surface area contributed by atoms with Crippen molar-refractivity contribution in [1.82, 2.24) is 0 Å². The van der Waals surface area contributed by atoms with Crippen LogP contribution in [-0.4, -0.2) is 0 Å². The standard InChI is InChI=1S/C8H6BrF3/c1-4-2-5(9)7(8(11)12)6(10)3-4/h2-3,8H,1H3. The van der Waals surface area contributed by atoms with E-state index < -0.39 is 17.8 Å². The molecule has 0 amide bonds. The molecule has 0 heterocycles. The van der Waals surface area contributed by atoms with Gasteiger partial charge in [-0.05, 0) is 24.6 Å². The van der Waals surface area contributed by atoms with E-state index in [-0.39, 0.29) is 4.47 Å². The van der Waals surface area contributed by atoms with Gasteiger partial charge in [-0.15, -0.1) is 0 Å². The Balaban J connectivity index is 3.28. The highest BCUT2D eigenvalue weighted by molar-refractivity contribution is 9.10. The minimum Gasteiger partial charge on any atom is -0.206 e. The summed E-state index contributed by atoms with van der Waals surface area (Å²) in [6.45, 7) is 1.64. The zero-order chi connectivity index (χ0) is 9.30. The third kappa shape index (κ3) is 1.80. The predicted octanol–water partition coefficient (Wildman–Crippen LogP) is 3.83. The summed E-state index contributed by atoms with van der Waals surface area (Å²) >= 11 is 2.88. The summed E-state index contributed by atoms with van der Waals surface area (Å²) < 4.78 is 37.3. The van der Waals surface area contributed by atoms with Gasteiger partial charge in [0.05, 0.1) is 5.56 Å². The fourth-order valence-corrected chi connectivity index (χ4v) is 1.64. The van der Waals surface area contributed by atoms with Gasteiger partial charge >= 0.3 is 0 Å². The van der Waals surface area contributed by atoms with Crippen molar-refractivity contribution in [1.29, 1.82) is 0 Å². The van der Waals surface area contributed by atoms with E-state index in [0.29, 0.717) is 5.56 Å². The minimum atomic E-state index is -2.78. The van der Waals surface area contributed by atoms with Gasteiger partial charge in [0.15, 0.2) is 0 Å². The van der Waals surface area contributed by atoms with E-state index in [0.717, 1.165) is 6.07 Å². The first-order valence-electron chi connectivity index (χ1n) is 3.26. The molecule has 0 saturated carbocycles. The number of hydrogen-bond acceptors (Lipinski definition) is 0. The Labute approximate surface area is 76.5 Å². The average Bonchev–Trinajstić information content (AvgIpc) is 1.82. The van der Waals surface area contributed by atoms with Gasteiger partial charge in [0, 0.05) is 4.47 Å². The molecule has 1 aromatic carbocycles. The summed E-state index contributed by atoms with van der Waals surface area (Å²) in [6, 6.07) is 2.55. The first-order valence-corrected chi connectivity index (χ1v) is 4.05. The SMILES string of the molecule is Cc1cc(F)c(C(F)F)c(Br)c1. The zero-order valence-electron chi connectivity index (χ0n) is 6.24. The normalized spacial score (nSPS) is 10.8. The number of rotatable bonds is 1. The van der Waals surface area contributed by atoms with E-state index in [1.54, 1.807) is 6.92 Å². The number of halogens is 4. The molecule has 1 rings (SSSR count). The fraction of sp³-hybridized carbons (Fsp3) is 0.250. The molecule has 0 nitrogen and oxygen atoms in total. The van der Waals surface area contributed by atoms with Crippen molar-refractivity contribution in [3.8, 4) is 0 Å². The Morgan fingerprint density at radius 2 is 1.92 bits per heavy atom. The molecule has 0 N–H and O–H groups in total. The van der Waals surface area contributed by atoms with Gasteiger partial charge in [0.2, 0.25) is 0 Å². The molecule has 0 spiro atoms. The molecule has 1 aromatic rings. The molecule has 0 bridgehead atoms. The Hall–Kier alpha value is -0.510. The van der Waals surface area contributed by atoms with Crippen LogP contribution in [0.4, 0.5) is 13.2 Å². The van der Waals surface area contributed by atoms with Gasteiger partial charge in [0.1, 0.15) is 5.82 Å². The summed E-state index contributed by atoms with van der Waals surface area (Å²) in [4.78, 5) is 0. The van der Waals surface area contributed by atoms with Crippen LogP contribution >= 0.6 is 15.9 Å². The number of hydrogen-bond donors (Lipinski definition) is 0. The quantitative estimate of drug-likeness (QED) is 0.698. The summed E-state index contributed by atoms with van der Waals surface area (Å²) in [7, 11) is 0. The molecule has 0 aromatic heterocycles. The molecule has 0 fully saturated rings. The summed E-state index contributed by atoms with van der Waals surface area (Å²) in [5.41, 5.74) is 0.0457. The summed E-state index contributed by atoms with van der Waals surface area (Å²) in [5.74, 6) is -0.864. The molecule has 0 aliphatic heterocycles. The number of aryl methyl sites for hydroxylation is 1. The van der Waals surface area contributed by atoms with Crippen LogP contribution in [-0.2, 0) is 0 Å². The van der Waals surface area contributed by atoms with Gasteiger partial charge in [-0.25, -0.2) is 13.2 Å². The van der Waals surface area contributed by atoms with E-state index in [1.807, 2.05) is 0 Å². The van der Waals surface area contributed by atoms with E-state index in [1.165, 1.54) is 6.07 Å². The molecule has 0 atom stereocenters. The lowest BCUT2D eigenvalue weighted by atomic mass is 10.1. The van der Waals surface area contributed by atoms with E-state index in [2.05, 4.69) is 15.9 Å². The maximum atomic E-state index is 12.9. The van der Waals surface area contributed by atoms with Crippen molar-refractivity contribution in [3.05, 3.63) is 33.5 Å². The Bertz CT molecular complexity index is 273. The average molecular weight is 239 g/mol. The molecule has 0 radical (unpaired) electrons. The molecular formula is C8H6BrF3. The molecule has 66 valence electrons. The number of alkyl halides is 2. The monoisotopic (exact) mass is 238 g/mol. The van der Waals surface area contributed by atoms with Crippen LogP contribution in [0.3, 0.4) is 0 Å². The molecule has 12 heavy (non-hydrogen) atoms. The van der Waals surface area contributed by atoms with Crippen molar-refractivity contribution in [2.75, 3.05) is 0 Å². The van der Waals surface area contributed by atoms with Gasteiger partial charge in [0.25, 0.3) is 6.43 Å². The molecule has 0 aliphatic carbocycles. The molecule has 4 heteroatoms. The third-order valence-electron chi connectivity index (χ3n) is 1.44. The van der Waals surface area contributed by atoms with Crippen LogP contribution in [0.5, 0.6) is 0 Å².